The number of hydrogen-bond acceptors (Lipinski definition) is 6. The fraction of sp³-hybridized carbons (Fsp3) is 0.714. The number of rotatable bonds is 11. The zero-order valence-corrected chi connectivity index (χ0v) is 21.7. The lowest BCUT2D eigenvalue weighted by atomic mass is 9.77. The Morgan fingerprint density at radius 3 is 2.41 bits per heavy atom. The highest BCUT2D eigenvalue weighted by molar-refractivity contribution is 5.66. The molecule has 1 saturated carbocycles. The van der Waals surface area contributed by atoms with Crippen molar-refractivity contribution in [2.45, 2.75) is 104 Å². The topological polar surface area (TPSA) is 82.1 Å². The van der Waals surface area contributed by atoms with Gasteiger partial charge in [-0.2, -0.15) is 0 Å². The fourth-order valence-electron chi connectivity index (χ4n) is 5.37. The van der Waals surface area contributed by atoms with E-state index in [2.05, 4.69) is 13.8 Å². The first-order chi connectivity index (χ1) is 16.2. The lowest BCUT2D eigenvalue weighted by Gasteiger charge is -2.34. The normalized spacial score (nSPS) is 20.6. The molecule has 0 amide bonds. The maximum Gasteiger partial charge on any atom is 0.302 e. The molecular weight excluding hydrogens is 432 g/mol. The van der Waals surface area contributed by atoms with Gasteiger partial charge >= 0.3 is 11.9 Å². The lowest BCUT2D eigenvalue weighted by molar-refractivity contribution is -0.156. The first kappa shape index (κ1) is 28.0. The van der Waals surface area contributed by atoms with Gasteiger partial charge in [-0.3, -0.25) is 9.59 Å². The van der Waals surface area contributed by atoms with E-state index in [1.165, 1.54) is 46.6 Å². The zero-order chi connectivity index (χ0) is 25.1. The molecule has 1 N–H and O–H groups in total. The second kappa shape index (κ2) is 14.2. The van der Waals surface area contributed by atoms with Crippen LogP contribution in [0.4, 0.5) is 0 Å². The monoisotopic (exact) mass is 476 g/mol. The van der Waals surface area contributed by atoms with Gasteiger partial charge in [0.15, 0.2) is 11.5 Å². The molecule has 1 aliphatic carbocycles. The van der Waals surface area contributed by atoms with Gasteiger partial charge in [0, 0.05) is 20.3 Å². The lowest BCUT2D eigenvalue weighted by Crippen LogP contribution is -2.34. The molecule has 1 aliphatic rings. The summed E-state index contributed by atoms with van der Waals surface area (Å²) in [5, 5.41) is 9.85. The predicted octanol–water partition coefficient (Wildman–Crippen LogP) is 6.22. The van der Waals surface area contributed by atoms with Crippen molar-refractivity contribution in [3.63, 3.8) is 0 Å². The Hall–Kier alpha value is -2.24. The number of benzene rings is 1. The molecule has 4 unspecified atom stereocenters. The van der Waals surface area contributed by atoms with Crippen LogP contribution in [-0.2, 0) is 25.5 Å². The first-order valence-electron chi connectivity index (χ1n) is 12.9. The van der Waals surface area contributed by atoms with Crippen molar-refractivity contribution >= 4 is 11.9 Å². The summed E-state index contributed by atoms with van der Waals surface area (Å²) in [4.78, 5) is 23.9. The van der Waals surface area contributed by atoms with E-state index in [0.29, 0.717) is 36.8 Å². The average molecular weight is 477 g/mol. The molecule has 6 heteroatoms. The third-order valence-corrected chi connectivity index (χ3v) is 6.80. The summed E-state index contributed by atoms with van der Waals surface area (Å²) in [5.41, 5.74) is 0.985. The third-order valence-electron chi connectivity index (χ3n) is 6.80. The van der Waals surface area contributed by atoms with Crippen molar-refractivity contribution in [1.29, 1.82) is 0 Å². The number of methoxy groups -OCH3 is 1. The highest BCUT2D eigenvalue weighted by Crippen LogP contribution is 2.35. The van der Waals surface area contributed by atoms with E-state index in [1.807, 2.05) is 6.07 Å². The Morgan fingerprint density at radius 2 is 1.76 bits per heavy atom. The van der Waals surface area contributed by atoms with Gasteiger partial charge in [0.25, 0.3) is 0 Å². The average Bonchev–Trinajstić information content (AvgIpc) is 2.73. The number of aromatic hydroxyl groups is 1. The summed E-state index contributed by atoms with van der Waals surface area (Å²) in [6.07, 6.45) is 9.30. The van der Waals surface area contributed by atoms with Crippen LogP contribution < -0.4 is 4.74 Å². The highest BCUT2D eigenvalue weighted by Gasteiger charge is 2.31. The number of esters is 2. The van der Waals surface area contributed by atoms with E-state index < -0.39 is 0 Å². The van der Waals surface area contributed by atoms with Crippen molar-refractivity contribution < 1.29 is 28.9 Å². The van der Waals surface area contributed by atoms with Gasteiger partial charge in [-0.1, -0.05) is 45.6 Å². The molecule has 1 fully saturated rings. The van der Waals surface area contributed by atoms with Crippen LogP contribution in [0.5, 0.6) is 11.5 Å². The van der Waals surface area contributed by atoms with Crippen LogP contribution in [0.25, 0.3) is 0 Å². The summed E-state index contributed by atoms with van der Waals surface area (Å²) in [6.45, 7) is 7.43. The molecule has 1 aromatic rings. The van der Waals surface area contributed by atoms with Crippen LogP contribution in [0.3, 0.4) is 0 Å². The maximum atomic E-state index is 12.0. The number of phenols is 1. The minimum Gasteiger partial charge on any atom is -0.504 e. The van der Waals surface area contributed by atoms with Gasteiger partial charge in [0.1, 0.15) is 12.2 Å². The first-order valence-corrected chi connectivity index (χ1v) is 12.9. The Kier molecular flexibility index (Phi) is 11.7. The van der Waals surface area contributed by atoms with Crippen LogP contribution >= 0.6 is 0 Å². The number of aryl methyl sites for hydroxylation is 1. The van der Waals surface area contributed by atoms with Crippen molar-refractivity contribution in [2.75, 3.05) is 7.11 Å². The standard InChI is InChI=1S/C28H44O6/c1-19(2)15-23-9-7-6-8-10-24(16-23)27(34-21(4)30)18-25(33-20(3)29)13-11-22-12-14-26(31)28(17-22)32-5/h12,14,17,19,23-25,27,31H,6-11,13,15-16,18H2,1-5H3. The van der Waals surface area contributed by atoms with Crippen molar-refractivity contribution in [1.82, 2.24) is 0 Å². The van der Waals surface area contributed by atoms with Gasteiger partial charge in [0.2, 0.25) is 0 Å². The largest absolute Gasteiger partial charge is 0.504 e. The van der Waals surface area contributed by atoms with E-state index in [4.69, 9.17) is 14.2 Å². The van der Waals surface area contributed by atoms with Gasteiger partial charge < -0.3 is 19.3 Å². The molecule has 4 atom stereocenters. The highest BCUT2D eigenvalue weighted by atomic mass is 16.6. The second-order valence-electron chi connectivity index (χ2n) is 10.3. The van der Waals surface area contributed by atoms with Gasteiger partial charge in [0.05, 0.1) is 7.11 Å². The Labute approximate surface area is 205 Å². The Balaban J connectivity index is 2.15. The van der Waals surface area contributed by atoms with Gasteiger partial charge in [-0.25, -0.2) is 0 Å². The molecule has 6 nitrogen and oxygen atoms in total. The minimum absolute atomic E-state index is 0.0953. The smallest absolute Gasteiger partial charge is 0.302 e. The fourth-order valence-corrected chi connectivity index (χ4v) is 5.37. The van der Waals surface area contributed by atoms with Crippen LogP contribution in [0, 0.1) is 17.8 Å². The molecule has 0 saturated heterocycles. The summed E-state index contributed by atoms with van der Waals surface area (Å²) < 4.78 is 16.8. The summed E-state index contributed by atoms with van der Waals surface area (Å²) in [5.74, 6) is 1.47. The minimum atomic E-state index is -0.351. The molecule has 0 radical (unpaired) electrons. The van der Waals surface area contributed by atoms with E-state index in [9.17, 15) is 14.7 Å². The Bertz CT molecular complexity index is 774. The van der Waals surface area contributed by atoms with Crippen LogP contribution in [-0.4, -0.2) is 36.4 Å². The van der Waals surface area contributed by atoms with Gasteiger partial charge in [-0.15, -0.1) is 0 Å². The van der Waals surface area contributed by atoms with Crippen LogP contribution in [0.15, 0.2) is 18.2 Å². The summed E-state index contributed by atoms with van der Waals surface area (Å²) >= 11 is 0. The predicted molar refractivity (Wildman–Crippen MR) is 133 cm³/mol. The van der Waals surface area contributed by atoms with E-state index in [1.54, 1.807) is 12.1 Å². The molecular formula is C28H44O6. The molecule has 0 aromatic heterocycles. The molecule has 34 heavy (non-hydrogen) atoms. The number of carbonyl (C=O) groups excluding carboxylic acids is 2. The number of hydrogen-bond donors (Lipinski definition) is 1. The molecule has 0 aliphatic heterocycles. The SMILES string of the molecule is COc1cc(CCC(CC(OC(C)=O)C2CCCCCC(CC(C)C)C2)OC(C)=O)ccc1O. The van der Waals surface area contributed by atoms with Crippen molar-refractivity contribution in [2.24, 2.45) is 17.8 Å². The van der Waals surface area contributed by atoms with Crippen molar-refractivity contribution in [3.05, 3.63) is 23.8 Å². The molecule has 192 valence electrons. The van der Waals surface area contributed by atoms with E-state index in [0.717, 1.165) is 24.8 Å². The third kappa shape index (κ3) is 9.94. The Morgan fingerprint density at radius 1 is 1.06 bits per heavy atom. The second-order valence-corrected chi connectivity index (χ2v) is 10.3. The van der Waals surface area contributed by atoms with Crippen molar-refractivity contribution in [3.8, 4) is 11.5 Å². The number of phenolic OH excluding ortho intramolecular Hbond substituents is 1. The quantitative estimate of drug-likeness (QED) is 0.382. The van der Waals surface area contributed by atoms with Crippen LogP contribution in [0.2, 0.25) is 0 Å². The number of ether oxygens (including phenoxy) is 3. The van der Waals surface area contributed by atoms with E-state index in [-0.39, 0.29) is 35.8 Å². The summed E-state index contributed by atoms with van der Waals surface area (Å²) in [7, 11) is 1.52. The number of carbonyl (C=O) groups is 2. The molecule has 0 heterocycles. The zero-order valence-electron chi connectivity index (χ0n) is 21.7. The van der Waals surface area contributed by atoms with Crippen LogP contribution in [0.1, 0.15) is 91.0 Å². The summed E-state index contributed by atoms with van der Waals surface area (Å²) in [6, 6.07) is 5.26. The van der Waals surface area contributed by atoms with Gasteiger partial charge in [-0.05, 0) is 67.6 Å². The van der Waals surface area contributed by atoms with E-state index >= 15 is 0 Å². The molecule has 2 rings (SSSR count). The molecule has 0 bridgehead atoms. The maximum absolute atomic E-state index is 12.0. The molecule has 0 spiro atoms. The molecule has 1 aromatic carbocycles.